The molecule has 1 aromatic carbocycles. The molecule has 0 aliphatic carbocycles. The molecule has 0 aliphatic heterocycles. The van der Waals surface area contributed by atoms with Gasteiger partial charge in [0.05, 0.1) is 11.8 Å². The second-order valence-corrected chi connectivity index (χ2v) is 17.5. The molecule has 0 bridgehead atoms. The number of carbonyl (C=O) groups is 1. The summed E-state index contributed by atoms with van der Waals surface area (Å²) >= 11 is 0. The molecule has 1 atom stereocenters. The molecule has 0 spiro atoms. The summed E-state index contributed by atoms with van der Waals surface area (Å²) in [5.41, 5.74) is 4.28. The van der Waals surface area contributed by atoms with E-state index in [9.17, 15) is 4.79 Å². The number of nitrogens with zero attached hydrogens (tertiary/aromatic N) is 3. The zero-order valence-electron chi connectivity index (χ0n) is 25.9. The molecule has 4 aromatic rings. The van der Waals surface area contributed by atoms with Crippen molar-refractivity contribution in [2.75, 3.05) is 0 Å². The van der Waals surface area contributed by atoms with Crippen LogP contribution < -0.4 is 0 Å². The van der Waals surface area contributed by atoms with Crippen LogP contribution in [0.5, 0.6) is 0 Å². The van der Waals surface area contributed by atoms with Crippen molar-refractivity contribution in [3.63, 3.8) is 0 Å². The molecule has 41 heavy (non-hydrogen) atoms. The largest absolute Gasteiger partial charge is 0.396 e. The fourth-order valence-corrected chi connectivity index (χ4v) is 11.9. The van der Waals surface area contributed by atoms with Crippen molar-refractivity contribution < 1.29 is 9.22 Å². The van der Waals surface area contributed by atoms with Crippen molar-refractivity contribution in [2.45, 2.75) is 97.0 Å². The van der Waals surface area contributed by atoms with Gasteiger partial charge in [-0.25, -0.2) is 4.98 Å². The smallest absolute Gasteiger partial charge is 0.238 e. The van der Waals surface area contributed by atoms with E-state index in [1.54, 1.807) is 12.4 Å². The summed E-state index contributed by atoms with van der Waals surface area (Å²) in [5, 5.41) is 5.21. The Hall–Kier alpha value is -3.47. The van der Waals surface area contributed by atoms with Gasteiger partial charge in [-0.2, -0.15) is 5.10 Å². The van der Waals surface area contributed by atoms with Crippen LogP contribution in [0, 0.1) is 11.8 Å². The molecular formula is C34H44N4O2Si. The minimum Gasteiger partial charge on any atom is -0.396 e. The summed E-state index contributed by atoms with van der Waals surface area (Å²) in [5.74, 6) is 6.18. The van der Waals surface area contributed by atoms with Crippen LogP contribution in [0.4, 0.5) is 0 Å². The Bertz CT molecular complexity index is 1530. The van der Waals surface area contributed by atoms with E-state index in [2.05, 4.69) is 101 Å². The van der Waals surface area contributed by atoms with E-state index in [1.807, 2.05) is 41.3 Å². The first-order chi connectivity index (χ1) is 19.4. The van der Waals surface area contributed by atoms with Gasteiger partial charge in [-0.05, 0) is 54.4 Å². The molecule has 0 saturated carbocycles. The number of rotatable bonds is 10. The van der Waals surface area contributed by atoms with E-state index in [1.165, 1.54) is 0 Å². The van der Waals surface area contributed by atoms with Crippen LogP contribution in [0.2, 0.25) is 16.6 Å². The normalized spacial score (nSPS) is 13.7. The molecule has 0 fully saturated rings. The fraction of sp³-hybridized carbons (Fsp3) is 0.441. The standard InChI is InChI=1S/C34H44N4O2Si/c1-10-34(29-14-12-11-13-15-29,40-41(24(4)5,25(6)7)26(8)9)17-16-32(39)31-21-36-33-30(31)18-27(19-35-33)28-20-37-38(22-28)23(2)3/h11-15,18-26H,10H2,1-9H3,(H,35,36). The number of hydrogen-bond acceptors (Lipinski definition) is 4. The average molecular weight is 569 g/mol. The molecule has 0 aliphatic rings. The molecule has 6 nitrogen and oxygen atoms in total. The molecule has 0 saturated heterocycles. The minimum atomic E-state index is -2.34. The number of ketones is 1. The van der Waals surface area contributed by atoms with E-state index >= 15 is 0 Å². The number of hydrogen-bond donors (Lipinski definition) is 1. The number of nitrogens with one attached hydrogen (secondary N) is 1. The first kappa shape index (κ1) is 30.5. The third kappa shape index (κ3) is 5.82. The van der Waals surface area contributed by atoms with Gasteiger partial charge >= 0.3 is 0 Å². The van der Waals surface area contributed by atoms with Gasteiger partial charge in [0.25, 0.3) is 0 Å². The van der Waals surface area contributed by atoms with Gasteiger partial charge in [-0.15, -0.1) is 0 Å². The molecular weight excluding hydrogens is 524 g/mol. The Morgan fingerprint density at radius 3 is 2.22 bits per heavy atom. The monoisotopic (exact) mass is 568 g/mol. The summed E-state index contributed by atoms with van der Waals surface area (Å²) in [6.45, 7) is 19.9. The molecule has 3 aromatic heterocycles. The SMILES string of the molecule is CCC(C#CC(=O)c1c[nH]c2ncc(-c3cnn(C(C)C)c3)cc12)(O[Si](C(C)C)(C(C)C)C(C)C)c1ccccc1. The topological polar surface area (TPSA) is 72.8 Å². The lowest BCUT2D eigenvalue weighted by Crippen LogP contribution is -2.53. The van der Waals surface area contributed by atoms with Crippen LogP contribution in [0.15, 0.2) is 61.2 Å². The third-order valence-electron chi connectivity index (χ3n) is 8.41. The molecule has 1 N–H and O–H groups in total. The van der Waals surface area contributed by atoms with Crippen LogP contribution in [-0.2, 0) is 10.0 Å². The van der Waals surface area contributed by atoms with Crippen molar-refractivity contribution >= 4 is 25.1 Å². The van der Waals surface area contributed by atoms with E-state index in [4.69, 9.17) is 4.43 Å². The van der Waals surface area contributed by atoms with Crippen molar-refractivity contribution in [1.29, 1.82) is 0 Å². The number of pyridine rings is 1. The van der Waals surface area contributed by atoms with Crippen LogP contribution in [0.3, 0.4) is 0 Å². The second kappa shape index (κ2) is 12.2. The van der Waals surface area contributed by atoms with Gasteiger partial charge in [-0.1, -0.05) is 84.7 Å². The van der Waals surface area contributed by atoms with Gasteiger partial charge in [0.2, 0.25) is 14.1 Å². The summed E-state index contributed by atoms with van der Waals surface area (Å²) in [6.07, 6.45) is 7.99. The Kier molecular flexibility index (Phi) is 9.06. The summed E-state index contributed by atoms with van der Waals surface area (Å²) in [4.78, 5) is 21.5. The zero-order chi connectivity index (χ0) is 29.9. The Balaban J connectivity index is 1.79. The van der Waals surface area contributed by atoms with Crippen molar-refractivity contribution in [2.24, 2.45) is 0 Å². The zero-order valence-corrected chi connectivity index (χ0v) is 26.9. The highest BCUT2D eigenvalue weighted by Gasteiger charge is 2.50. The van der Waals surface area contributed by atoms with Crippen molar-refractivity contribution in [3.05, 3.63) is 72.3 Å². The maximum absolute atomic E-state index is 13.7. The lowest BCUT2D eigenvalue weighted by molar-refractivity contribution is 0.0985. The molecule has 0 amide bonds. The molecule has 0 radical (unpaired) electrons. The number of fused-ring (bicyclic) bond motifs is 1. The fourth-order valence-electron chi connectivity index (χ4n) is 6.23. The van der Waals surface area contributed by atoms with E-state index < -0.39 is 13.9 Å². The van der Waals surface area contributed by atoms with Gasteiger partial charge < -0.3 is 9.41 Å². The van der Waals surface area contributed by atoms with Crippen molar-refractivity contribution in [3.8, 4) is 23.0 Å². The maximum Gasteiger partial charge on any atom is 0.238 e. The summed E-state index contributed by atoms with van der Waals surface area (Å²) in [7, 11) is -2.34. The third-order valence-corrected chi connectivity index (χ3v) is 14.5. The molecule has 7 heteroatoms. The van der Waals surface area contributed by atoms with Crippen LogP contribution in [0.25, 0.3) is 22.2 Å². The van der Waals surface area contributed by atoms with Crippen molar-refractivity contribution in [1.82, 2.24) is 19.7 Å². The van der Waals surface area contributed by atoms with E-state index in [-0.39, 0.29) is 11.8 Å². The van der Waals surface area contributed by atoms with Crippen LogP contribution in [0.1, 0.15) is 90.7 Å². The number of Topliss-reactive ketones (excluding diaryl/α,β-unsaturated/α-hetero) is 1. The number of aromatic amines is 1. The highest BCUT2D eigenvalue weighted by Crippen LogP contribution is 2.47. The quantitative estimate of drug-likeness (QED) is 0.0899. The maximum atomic E-state index is 13.7. The van der Waals surface area contributed by atoms with Gasteiger partial charge in [0, 0.05) is 41.1 Å². The first-order valence-corrected chi connectivity index (χ1v) is 16.9. The van der Waals surface area contributed by atoms with Crippen LogP contribution >= 0.6 is 0 Å². The van der Waals surface area contributed by atoms with Gasteiger partial charge in [0.15, 0.2) is 0 Å². The minimum absolute atomic E-state index is 0.253. The highest BCUT2D eigenvalue weighted by atomic mass is 28.4. The lowest BCUT2D eigenvalue weighted by Gasteiger charge is -2.48. The first-order valence-electron chi connectivity index (χ1n) is 14.8. The number of carbonyl (C=O) groups excluding carboxylic acids is 1. The van der Waals surface area contributed by atoms with Gasteiger partial charge in [0.1, 0.15) is 11.2 Å². The van der Waals surface area contributed by atoms with Crippen LogP contribution in [-0.4, -0.2) is 33.8 Å². The van der Waals surface area contributed by atoms with E-state index in [0.717, 1.165) is 22.1 Å². The number of H-pyrrole nitrogens is 1. The molecule has 4 rings (SSSR count). The summed E-state index contributed by atoms with van der Waals surface area (Å²) < 4.78 is 9.30. The predicted octanol–water partition coefficient (Wildman–Crippen LogP) is 8.69. The molecule has 1 unspecified atom stereocenters. The Morgan fingerprint density at radius 2 is 1.66 bits per heavy atom. The Labute approximate surface area is 246 Å². The Morgan fingerprint density at radius 1 is 1.00 bits per heavy atom. The second-order valence-electron chi connectivity index (χ2n) is 12.2. The van der Waals surface area contributed by atoms with E-state index in [0.29, 0.717) is 34.3 Å². The number of aromatic nitrogens is 4. The molecule has 3 heterocycles. The van der Waals surface area contributed by atoms with Gasteiger partial charge in [-0.3, -0.25) is 9.48 Å². The predicted molar refractivity (Wildman–Crippen MR) is 170 cm³/mol. The lowest BCUT2D eigenvalue weighted by atomic mass is 9.91. The molecule has 216 valence electrons. The summed E-state index contributed by atoms with van der Waals surface area (Å²) in [6, 6.07) is 12.4. The average Bonchev–Trinajstić information content (AvgIpc) is 3.61. The number of benzene rings is 1. The highest BCUT2D eigenvalue weighted by molar-refractivity contribution is 6.77.